The van der Waals surface area contributed by atoms with Crippen LogP contribution in [-0.2, 0) is 24.0 Å². The smallest absolute Gasteiger partial charge is 0.326 e. The third-order valence-corrected chi connectivity index (χ3v) is 5.12. The van der Waals surface area contributed by atoms with E-state index in [1.165, 1.54) is 0 Å². The number of nitrogens with one attached hydrogen (secondary N) is 3. The third kappa shape index (κ3) is 13.4. The van der Waals surface area contributed by atoms with Crippen LogP contribution >= 0.6 is 0 Å². The highest BCUT2D eigenvalue weighted by Gasteiger charge is 2.32. The lowest BCUT2D eigenvalue weighted by Gasteiger charge is -2.26. The summed E-state index contributed by atoms with van der Waals surface area (Å²) in [5.74, 6) is -5.65. The number of rotatable bonds is 18. The maximum absolute atomic E-state index is 12.9. The second kappa shape index (κ2) is 17.0. The number of aliphatic imine (C=N–C) groups is 1. The van der Waals surface area contributed by atoms with Gasteiger partial charge < -0.3 is 49.1 Å². The number of nitrogens with two attached hydrogens (primary N) is 4. The van der Waals surface area contributed by atoms with Gasteiger partial charge in [-0.3, -0.25) is 24.2 Å². The van der Waals surface area contributed by atoms with Gasteiger partial charge in [0.25, 0.3) is 0 Å². The molecule has 0 bridgehead atoms. The molecule has 36 heavy (non-hydrogen) atoms. The van der Waals surface area contributed by atoms with Crippen molar-refractivity contribution >= 4 is 35.6 Å². The molecule has 0 aliphatic rings. The molecule has 0 aliphatic heterocycles. The van der Waals surface area contributed by atoms with Gasteiger partial charge in [-0.1, -0.05) is 13.8 Å². The van der Waals surface area contributed by atoms with Crippen molar-refractivity contribution in [2.75, 3.05) is 13.1 Å². The number of carbonyl (C=O) groups is 5. The highest BCUT2D eigenvalue weighted by molar-refractivity contribution is 5.95. The molecule has 3 amide bonds. The molecule has 0 aromatic carbocycles. The maximum Gasteiger partial charge on any atom is 0.326 e. The van der Waals surface area contributed by atoms with Gasteiger partial charge in [-0.2, -0.15) is 0 Å². The molecule has 4 atom stereocenters. The van der Waals surface area contributed by atoms with E-state index in [4.69, 9.17) is 22.9 Å². The second-order valence-corrected chi connectivity index (χ2v) is 8.63. The first-order chi connectivity index (χ1) is 16.8. The number of guanidine groups is 1. The number of carboxylic acid groups (broad SMARTS) is 2. The van der Waals surface area contributed by atoms with Crippen molar-refractivity contribution in [2.45, 2.75) is 76.5 Å². The van der Waals surface area contributed by atoms with Crippen LogP contribution in [-0.4, -0.2) is 83.1 Å². The van der Waals surface area contributed by atoms with Crippen LogP contribution < -0.4 is 38.9 Å². The monoisotopic (exact) mass is 516 g/mol. The number of hydrogen-bond acceptors (Lipinski definition) is 8. The summed E-state index contributed by atoms with van der Waals surface area (Å²) >= 11 is 0. The zero-order valence-electron chi connectivity index (χ0n) is 20.7. The van der Waals surface area contributed by atoms with Gasteiger partial charge in [-0.25, -0.2) is 4.79 Å². The van der Waals surface area contributed by atoms with Gasteiger partial charge in [0, 0.05) is 6.54 Å². The van der Waals surface area contributed by atoms with Crippen molar-refractivity contribution in [1.82, 2.24) is 16.0 Å². The van der Waals surface area contributed by atoms with Crippen LogP contribution in [0.25, 0.3) is 0 Å². The van der Waals surface area contributed by atoms with E-state index < -0.39 is 66.2 Å². The fourth-order valence-corrected chi connectivity index (χ4v) is 3.11. The minimum absolute atomic E-state index is 0.0811. The van der Waals surface area contributed by atoms with Gasteiger partial charge in [0.05, 0.1) is 12.5 Å². The number of nitrogens with zero attached hydrogens (tertiary/aromatic N) is 1. The topological polar surface area (TPSA) is 278 Å². The van der Waals surface area contributed by atoms with Crippen LogP contribution in [0.4, 0.5) is 0 Å². The lowest BCUT2D eigenvalue weighted by molar-refractivity contribution is -0.144. The summed E-state index contributed by atoms with van der Waals surface area (Å²) < 4.78 is 0. The average molecular weight is 517 g/mol. The number of unbranched alkanes of at least 4 members (excludes halogenated alkanes) is 1. The number of amides is 3. The third-order valence-electron chi connectivity index (χ3n) is 5.12. The summed E-state index contributed by atoms with van der Waals surface area (Å²) in [5, 5.41) is 25.6. The van der Waals surface area contributed by atoms with E-state index in [1.807, 2.05) is 0 Å². The minimum atomic E-state index is -1.57. The van der Waals surface area contributed by atoms with Gasteiger partial charge >= 0.3 is 11.9 Å². The predicted octanol–water partition coefficient (Wildman–Crippen LogP) is -2.83. The first kappa shape index (κ1) is 32.5. The molecule has 13 N–H and O–H groups in total. The Morgan fingerprint density at radius 3 is 1.94 bits per heavy atom. The zero-order valence-corrected chi connectivity index (χ0v) is 20.7. The van der Waals surface area contributed by atoms with Gasteiger partial charge in [0.15, 0.2) is 5.96 Å². The summed E-state index contributed by atoms with van der Waals surface area (Å²) in [7, 11) is 0. The Bertz CT molecular complexity index is 786. The lowest BCUT2D eigenvalue weighted by Crippen LogP contribution is -2.58. The molecule has 0 radical (unpaired) electrons. The molecule has 0 aromatic rings. The summed E-state index contributed by atoms with van der Waals surface area (Å²) in [6, 6.07) is -4.95. The van der Waals surface area contributed by atoms with Gasteiger partial charge in [-0.05, 0) is 44.6 Å². The highest BCUT2D eigenvalue weighted by Crippen LogP contribution is 2.07. The van der Waals surface area contributed by atoms with Crippen LogP contribution in [0.1, 0.15) is 52.4 Å². The van der Waals surface area contributed by atoms with E-state index in [-0.39, 0.29) is 25.3 Å². The quantitative estimate of drug-likeness (QED) is 0.0508. The first-order valence-corrected chi connectivity index (χ1v) is 11.7. The zero-order chi connectivity index (χ0) is 27.8. The second-order valence-electron chi connectivity index (χ2n) is 8.63. The maximum atomic E-state index is 12.9. The largest absolute Gasteiger partial charge is 0.481 e. The Hall–Kier alpha value is -3.46. The van der Waals surface area contributed by atoms with Crippen molar-refractivity contribution in [3.8, 4) is 0 Å². The molecule has 0 aromatic heterocycles. The summed E-state index contributed by atoms with van der Waals surface area (Å²) in [6.45, 7) is 3.89. The summed E-state index contributed by atoms with van der Waals surface area (Å²) in [6.07, 6.45) is 0.910. The molecule has 15 heteroatoms. The predicted molar refractivity (Wildman–Crippen MR) is 131 cm³/mol. The molecular weight excluding hydrogens is 476 g/mol. The van der Waals surface area contributed by atoms with E-state index in [9.17, 15) is 34.2 Å². The number of carboxylic acids is 2. The van der Waals surface area contributed by atoms with E-state index in [2.05, 4.69) is 20.9 Å². The molecule has 206 valence electrons. The number of aliphatic carboxylic acids is 2. The Morgan fingerprint density at radius 1 is 0.833 bits per heavy atom. The van der Waals surface area contributed by atoms with E-state index in [0.717, 1.165) is 0 Å². The molecule has 0 spiro atoms. The van der Waals surface area contributed by atoms with Gasteiger partial charge in [-0.15, -0.1) is 0 Å². The first-order valence-electron chi connectivity index (χ1n) is 11.7. The average Bonchev–Trinajstić information content (AvgIpc) is 2.77. The van der Waals surface area contributed by atoms with Crippen LogP contribution in [0.2, 0.25) is 0 Å². The molecular formula is C21H40N8O7. The van der Waals surface area contributed by atoms with Crippen LogP contribution in [0, 0.1) is 5.92 Å². The molecule has 0 rings (SSSR count). The van der Waals surface area contributed by atoms with E-state index in [0.29, 0.717) is 25.8 Å². The Labute approximate surface area is 209 Å². The van der Waals surface area contributed by atoms with Crippen molar-refractivity contribution < 1.29 is 34.2 Å². The molecule has 0 saturated carbocycles. The highest BCUT2D eigenvalue weighted by atomic mass is 16.4. The van der Waals surface area contributed by atoms with Gasteiger partial charge in [0.2, 0.25) is 17.7 Å². The molecule has 0 aliphatic carbocycles. The standard InChI is InChI=1S/C21H40N8O7/c1-11(2)16(29-17(32)12(23)6-5-9-26-21(24)25)19(34)28-14(10-15(30)31)18(33)27-13(20(35)36)7-3-4-8-22/h11-14,16H,3-10,22-23H2,1-2H3,(H,27,33)(H,28,34)(H,29,32)(H,30,31)(H,35,36)(H4,24,25,26). The molecule has 0 heterocycles. The van der Waals surface area contributed by atoms with Crippen molar-refractivity contribution in [3.63, 3.8) is 0 Å². The Kier molecular flexibility index (Phi) is 15.4. The Balaban J connectivity index is 5.30. The fourth-order valence-electron chi connectivity index (χ4n) is 3.11. The van der Waals surface area contributed by atoms with Crippen LogP contribution in [0.5, 0.6) is 0 Å². The van der Waals surface area contributed by atoms with Gasteiger partial charge in [0.1, 0.15) is 18.1 Å². The van der Waals surface area contributed by atoms with Crippen LogP contribution in [0.15, 0.2) is 4.99 Å². The normalized spacial score (nSPS) is 14.1. The number of hydrogen-bond donors (Lipinski definition) is 9. The molecule has 0 fully saturated rings. The number of carbonyl (C=O) groups excluding carboxylic acids is 3. The molecule has 0 saturated heterocycles. The van der Waals surface area contributed by atoms with Crippen molar-refractivity contribution in [3.05, 3.63) is 0 Å². The SMILES string of the molecule is CC(C)C(NC(=O)C(N)CCCN=C(N)N)C(=O)NC(CC(=O)O)C(=O)NC(CCCCN)C(=O)O. The molecule has 4 unspecified atom stereocenters. The lowest BCUT2D eigenvalue weighted by atomic mass is 10.0. The van der Waals surface area contributed by atoms with E-state index >= 15 is 0 Å². The Morgan fingerprint density at radius 2 is 1.44 bits per heavy atom. The van der Waals surface area contributed by atoms with Crippen molar-refractivity contribution in [1.29, 1.82) is 0 Å². The van der Waals surface area contributed by atoms with Crippen LogP contribution in [0.3, 0.4) is 0 Å². The summed E-state index contributed by atoms with van der Waals surface area (Å²) in [5.41, 5.74) is 21.7. The molecule has 15 nitrogen and oxygen atoms in total. The summed E-state index contributed by atoms with van der Waals surface area (Å²) in [4.78, 5) is 64.6. The minimum Gasteiger partial charge on any atom is -0.481 e. The van der Waals surface area contributed by atoms with Crippen molar-refractivity contribution in [2.24, 2.45) is 33.8 Å². The van der Waals surface area contributed by atoms with E-state index in [1.54, 1.807) is 13.8 Å². The fraction of sp³-hybridized carbons (Fsp3) is 0.714.